The van der Waals surface area contributed by atoms with E-state index in [-0.39, 0.29) is 6.42 Å². The van der Waals surface area contributed by atoms with E-state index in [0.29, 0.717) is 10.4 Å². The monoisotopic (exact) mass is 252 g/mol. The Morgan fingerprint density at radius 1 is 1.77 bits per heavy atom. The highest BCUT2D eigenvalue weighted by atomic mass is 79.9. The third kappa shape index (κ3) is 1.43. The first kappa shape index (κ1) is 8.93. The van der Waals surface area contributed by atoms with Crippen LogP contribution in [-0.2, 0) is 0 Å². The Hall–Kier alpha value is -0.650. The van der Waals surface area contributed by atoms with Crippen molar-refractivity contribution in [3.05, 3.63) is 10.7 Å². The summed E-state index contributed by atoms with van der Waals surface area (Å²) in [6.07, 6.45) is 1.37. The summed E-state index contributed by atoms with van der Waals surface area (Å²) in [4.78, 5) is 0. The molecule has 0 amide bonds. The molecule has 0 N–H and O–H groups in total. The molecule has 1 aromatic heterocycles. The van der Waals surface area contributed by atoms with Crippen LogP contribution in [0.25, 0.3) is 0 Å². The van der Waals surface area contributed by atoms with Crippen LogP contribution < -0.4 is 4.74 Å². The lowest BCUT2D eigenvalue weighted by molar-refractivity contribution is 0.0981. The number of hydrogen-bond acceptors (Lipinski definition) is 2. The average Bonchev–Trinajstić information content (AvgIpc) is 2.55. The number of rotatable bonds is 2. The Balaban J connectivity index is 2.24. The zero-order valence-corrected chi connectivity index (χ0v) is 8.38. The van der Waals surface area contributed by atoms with Gasteiger partial charge in [0.1, 0.15) is 6.04 Å². The lowest BCUT2D eigenvalue weighted by Crippen LogP contribution is -2.02. The Kier molecular flexibility index (Phi) is 1.83. The zero-order chi connectivity index (χ0) is 9.64. The first-order chi connectivity index (χ1) is 6.04. The zero-order valence-electron chi connectivity index (χ0n) is 6.80. The predicted molar refractivity (Wildman–Crippen MR) is 45.1 cm³/mol. The van der Waals surface area contributed by atoms with Gasteiger partial charge >= 0.3 is 0 Å². The summed E-state index contributed by atoms with van der Waals surface area (Å²) in [5.41, 5.74) is 0. The number of methoxy groups -OCH3 is 1. The van der Waals surface area contributed by atoms with Crippen molar-refractivity contribution in [2.24, 2.45) is 0 Å². The number of nitrogens with zero attached hydrogens (tertiary/aromatic N) is 2. The smallest absolute Gasteiger partial charge is 0.272 e. The molecule has 1 fully saturated rings. The summed E-state index contributed by atoms with van der Waals surface area (Å²) in [6, 6.07) is -0.798. The molecule has 1 heterocycles. The van der Waals surface area contributed by atoms with Crippen molar-refractivity contribution < 1.29 is 13.5 Å². The van der Waals surface area contributed by atoms with E-state index in [2.05, 4.69) is 21.0 Å². The van der Waals surface area contributed by atoms with Crippen LogP contribution in [0.5, 0.6) is 5.88 Å². The van der Waals surface area contributed by atoms with E-state index in [9.17, 15) is 8.78 Å². The number of hydrogen-bond donors (Lipinski definition) is 0. The second-order valence-electron chi connectivity index (χ2n) is 2.95. The fourth-order valence-electron chi connectivity index (χ4n) is 1.14. The molecule has 0 radical (unpaired) electrons. The molecular formula is C7H7BrF2N2O. The number of halogens is 3. The highest BCUT2D eigenvalue weighted by Gasteiger charge is 2.59. The van der Waals surface area contributed by atoms with Crippen molar-refractivity contribution >= 4 is 15.9 Å². The lowest BCUT2D eigenvalue weighted by Gasteiger charge is -1.96. The van der Waals surface area contributed by atoms with Crippen LogP contribution in [0.4, 0.5) is 8.78 Å². The predicted octanol–water partition coefficient (Wildman–Crippen LogP) is 2.23. The van der Waals surface area contributed by atoms with Crippen LogP contribution in [0.15, 0.2) is 10.7 Å². The molecule has 1 aromatic rings. The van der Waals surface area contributed by atoms with Crippen LogP contribution in [0, 0.1) is 0 Å². The number of aromatic nitrogens is 2. The normalized spacial score (nSPS) is 24.5. The quantitative estimate of drug-likeness (QED) is 0.808. The molecule has 6 heteroatoms. The maximum absolute atomic E-state index is 12.6. The molecule has 72 valence electrons. The van der Waals surface area contributed by atoms with Gasteiger partial charge in [-0.3, -0.25) is 4.68 Å². The van der Waals surface area contributed by atoms with Gasteiger partial charge in [0.2, 0.25) is 5.88 Å². The molecule has 0 spiro atoms. The van der Waals surface area contributed by atoms with Crippen molar-refractivity contribution in [2.45, 2.75) is 18.4 Å². The Bertz CT molecular complexity index is 339. The van der Waals surface area contributed by atoms with Gasteiger partial charge in [-0.15, -0.1) is 5.10 Å². The Labute approximate surface area is 81.8 Å². The highest BCUT2D eigenvalue weighted by Crippen LogP contribution is 2.52. The second-order valence-corrected chi connectivity index (χ2v) is 3.80. The molecule has 2 rings (SSSR count). The van der Waals surface area contributed by atoms with Crippen molar-refractivity contribution in [2.75, 3.05) is 7.11 Å². The van der Waals surface area contributed by atoms with Crippen molar-refractivity contribution in [3.63, 3.8) is 0 Å². The highest BCUT2D eigenvalue weighted by molar-refractivity contribution is 9.10. The van der Waals surface area contributed by atoms with Gasteiger partial charge in [-0.2, -0.15) is 0 Å². The second kappa shape index (κ2) is 2.67. The first-order valence-corrected chi connectivity index (χ1v) is 4.50. The number of alkyl halides is 2. The fraction of sp³-hybridized carbons (Fsp3) is 0.571. The molecule has 0 aromatic carbocycles. The third-order valence-corrected chi connectivity index (χ3v) is 2.51. The van der Waals surface area contributed by atoms with Gasteiger partial charge in [0.05, 0.1) is 11.6 Å². The Morgan fingerprint density at radius 3 is 2.77 bits per heavy atom. The summed E-state index contributed by atoms with van der Waals surface area (Å²) in [6.45, 7) is 0. The van der Waals surface area contributed by atoms with Gasteiger partial charge in [-0.05, 0) is 15.9 Å². The van der Waals surface area contributed by atoms with Gasteiger partial charge in [0.25, 0.3) is 5.92 Å². The van der Waals surface area contributed by atoms with E-state index in [1.54, 1.807) is 0 Å². The van der Waals surface area contributed by atoms with E-state index < -0.39 is 12.0 Å². The van der Waals surface area contributed by atoms with Gasteiger partial charge in [-0.25, -0.2) is 8.78 Å². The van der Waals surface area contributed by atoms with Crippen LogP contribution in [-0.4, -0.2) is 22.8 Å². The van der Waals surface area contributed by atoms with Crippen molar-refractivity contribution in [1.82, 2.24) is 9.78 Å². The van der Waals surface area contributed by atoms with E-state index in [1.807, 2.05) is 0 Å². The van der Waals surface area contributed by atoms with E-state index in [4.69, 9.17) is 4.74 Å². The minimum absolute atomic E-state index is 0.135. The maximum Gasteiger partial charge on any atom is 0.272 e. The van der Waals surface area contributed by atoms with Gasteiger partial charge in [-0.1, -0.05) is 0 Å². The summed E-state index contributed by atoms with van der Waals surface area (Å²) in [7, 11) is 1.45. The summed E-state index contributed by atoms with van der Waals surface area (Å²) in [5.74, 6) is -2.26. The van der Waals surface area contributed by atoms with Crippen LogP contribution in [0.1, 0.15) is 12.5 Å². The van der Waals surface area contributed by atoms with Crippen molar-refractivity contribution in [3.8, 4) is 5.88 Å². The third-order valence-electron chi connectivity index (χ3n) is 1.96. The molecule has 3 nitrogen and oxygen atoms in total. The van der Waals surface area contributed by atoms with E-state index in [1.165, 1.54) is 18.0 Å². The molecule has 0 saturated heterocycles. The molecule has 1 unspecified atom stereocenters. The van der Waals surface area contributed by atoms with Gasteiger partial charge in [0.15, 0.2) is 0 Å². The molecule has 1 atom stereocenters. The van der Waals surface area contributed by atoms with Crippen LogP contribution in [0.2, 0.25) is 0 Å². The average molecular weight is 253 g/mol. The largest absolute Gasteiger partial charge is 0.479 e. The van der Waals surface area contributed by atoms with E-state index in [0.717, 1.165) is 0 Å². The molecule has 1 saturated carbocycles. The van der Waals surface area contributed by atoms with E-state index >= 15 is 0 Å². The standard InChI is InChI=1S/C7H7BrF2N2O/c1-13-6-4(8)3-12(11-6)5-2-7(5,9)10/h3,5H,2H2,1H3. The molecular weight excluding hydrogens is 246 g/mol. The van der Waals surface area contributed by atoms with Crippen molar-refractivity contribution in [1.29, 1.82) is 0 Å². The molecule has 13 heavy (non-hydrogen) atoms. The van der Waals surface area contributed by atoms with Gasteiger partial charge in [0, 0.05) is 12.6 Å². The Morgan fingerprint density at radius 2 is 2.38 bits per heavy atom. The van der Waals surface area contributed by atoms with Crippen LogP contribution in [0.3, 0.4) is 0 Å². The number of ether oxygens (including phenoxy) is 1. The first-order valence-electron chi connectivity index (χ1n) is 3.71. The summed E-state index contributed by atoms with van der Waals surface area (Å²) < 4.78 is 31.9. The minimum Gasteiger partial charge on any atom is -0.479 e. The SMILES string of the molecule is COc1nn(C2CC2(F)F)cc1Br. The van der Waals surface area contributed by atoms with Gasteiger partial charge < -0.3 is 4.74 Å². The fourth-order valence-corrected chi connectivity index (χ4v) is 1.59. The maximum atomic E-state index is 12.6. The topological polar surface area (TPSA) is 27.1 Å². The molecule has 1 aliphatic carbocycles. The summed E-state index contributed by atoms with van der Waals surface area (Å²) in [5, 5.41) is 3.85. The molecule has 0 bridgehead atoms. The summed E-state index contributed by atoms with van der Waals surface area (Å²) >= 11 is 3.16. The lowest BCUT2D eigenvalue weighted by atomic mass is 10.6. The minimum atomic E-state index is -2.60. The molecule has 0 aliphatic heterocycles. The van der Waals surface area contributed by atoms with Crippen LogP contribution >= 0.6 is 15.9 Å². The molecule has 1 aliphatic rings.